The highest BCUT2D eigenvalue weighted by atomic mass is 15.3. The van der Waals surface area contributed by atoms with E-state index < -0.39 is 0 Å². The van der Waals surface area contributed by atoms with Crippen LogP contribution in [0, 0.1) is 19.8 Å². The molecule has 26 heavy (non-hydrogen) atoms. The summed E-state index contributed by atoms with van der Waals surface area (Å²) in [4.78, 5) is 8.91. The van der Waals surface area contributed by atoms with Gasteiger partial charge in [0.15, 0.2) is 11.8 Å². The lowest BCUT2D eigenvalue weighted by molar-refractivity contribution is 0.493. The van der Waals surface area contributed by atoms with Crippen LogP contribution in [0.4, 0.5) is 0 Å². The predicted octanol–water partition coefficient (Wildman–Crippen LogP) is 3.50. The largest absolute Gasteiger partial charge is 0.370 e. The second-order valence-electron chi connectivity index (χ2n) is 7.44. The predicted molar refractivity (Wildman–Crippen MR) is 107 cm³/mol. The monoisotopic (exact) mass is 356 g/mol. The zero-order valence-corrected chi connectivity index (χ0v) is 16.7. The highest BCUT2D eigenvalue weighted by Crippen LogP contribution is 2.11. The Morgan fingerprint density at radius 1 is 1.23 bits per heavy atom. The minimum absolute atomic E-state index is 0.337. The van der Waals surface area contributed by atoms with Crippen molar-refractivity contribution in [3.8, 4) is 5.82 Å². The molecule has 0 radical (unpaired) electrons. The van der Waals surface area contributed by atoms with Crippen molar-refractivity contribution >= 4 is 5.96 Å². The van der Waals surface area contributed by atoms with Gasteiger partial charge in [-0.15, -0.1) is 0 Å². The number of hydrogen-bond donors (Lipinski definition) is 2. The molecule has 2 aromatic heterocycles. The molecule has 142 valence electrons. The van der Waals surface area contributed by atoms with E-state index in [-0.39, 0.29) is 0 Å². The van der Waals surface area contributed by atoms with E-state index in [0.29, 0.717) is 18.5 Å². The molecular formula is C20H32N6. The number of guanidine groups is 1. The number of rotatable bonds is 8. The molecule has 0 aliphatic rings. The van der Waals surface area contributed by atoms with Crippen molar-refractivity contribution in [2.75, 3.05) is 0 Å². The highest BCUT2D eigenvalue weighted by molar-refractivity contribution is 5.78. The first-order valence-corrected chi connectivity index (χ1v) is 9.40. The average Bonchev–Trinajstić information content (AvgIpc) is 2.91. The fraction of sp³-hybridized carbons (Fsp3) is 0.550. The van der Waals surface area contributed by atoms with E-state index in [2.05, 4.69) is 41.2 Å². The summed E-state index contributed by atoms with van der Waals surface area (Å²) in [5.41, 5.74) is 9.08. The molecular weight excluding hydrogens is 324 g/mol. The Morgan fingerprint density at radius 3 is 2.58 bits per heavy atom. The fourth-order valence-corrected chi connectivity index (χ4v) is 2.88. The Bertz CT molecular complexity index is 714. The molecule has 0 saturated heterocycles. The number of aryl methyl sites for hydroxylation is 2. The Morgan fingerprint density at radius 2 is 2.00 bits per heavy atom. The Hall–Kier alpha value is -2.37. The lowest BCUT2D eigenvalue weighted by atomic mass is 10.0. The first-order valence-electron chi connectivity index (χ1n) is 9.40. The van der Waals surface area contributed by atoms with Crippen LogP contribution in [-0.4, -0.2) is 26.8 Å². The van der Waals surface area contributed by atoms with Gasteiger partial charge in [0, 0.05) is 17.9 Å². The van der Waals surface area contributed by atoms with E-state index in [1.165, 1.54) is 12.8 Å². The second-order valence-corrected chi connectivity index (χ2v) is 7.44. The summed E-state index contributed by atoms with van der Waals surface area (Å²) in [6, 6.07) is 6.35. The number of aromatic nitrogens is 3. The van der Waals surface area contributed by atoms with Crippen LogP contribution in [0.5, 0.6) is 0 Å². The minimum atomic E-state index is 0.337. The summed E-state index contributed by atoms with van der Waals surface area (Å²) in [7, 11) is 0. The summed E-state index contributed by atoms with van der Waals surface area (Å²) in [5.74, 6) is 2.05. The van der Waals surface area contributed by atoms with Crippen LogP contribution >= 0.6 is 0 Å². The Kier molecular flexibility index (Phi) is 7.18. The molecule has 6 nitrogen and oxygen atoms in total. The molecule has 0 spiro atoms. The molecule has 2 rings (SSSR count). The van der Waals surface area contributed by atoms with Crippen LogP contribution in [0.2, 0.25) is 0 Å². The van der Waals surface area contributed by atoms with Crippen LogP contribution in [-0.2, 0) is 6.54 Å². The van der Waals surface area contributed by atoms with E-state index in [1.807, 2.05) is 42.9 Å². The van der Waals surface area contributed by atoms with Crippen LogP contribution in [0.15, 0.2) is 29.4 Å². The van der Waals surface area contributed by atoms with Gasteiger partial charge in [-0.1, -0.05) is 32.8 Å². The number of nitrogens with two attached hydrogens (primary N) is 1. The van der Waals surface area contributed by atoms with Gasteiger partial charge in [-0.25, -0.2) is 14.7 Å². The standard InChI is InChI=1S/C20H32N6/c1-14(2)7-6-8-15(3)24-20(21)23-13-18-9-10-19(22-12-18)26-17(5)11-16(4)25-26/h9-12,14-15H,6-8,13H2,1-5H3,(H3,21,23,24). The maximum Gasteiger partial charge on any atom is 0.189 e. The van der Waals surface area contributed by atoms with E-state index in [0.717, 1.165) is 35.1 Å². The first kappa shape index (κ1) is 19.9. The second kappa shape index (κ2) is 9.36. The van der Waals surface area contributed by atoms with Crippen molar-refractivity contribution < 1.29 is 0 Å². The van der Waals surface area contributed by atoms with Crippen molar-refractivity contribution in [2.24, 2.45) is 16.6 Å². The topological polar surface area (TPSA) is 81.1 Å². The van der Waals surface area contributed by atoms with Crippen molar-refractivity contribution in [2.45, 2.75) is 66.5 Å². The molecule has 0 amide bonds. The number of aliphatic imine (C=N–C) groups is 1. The van der Waals surface area contributed by atoms with Crippen LogP contribution < -0.4 is 11.1 Å². The molecule has 3 N–H and O–H groups in total. The van der Waals surface area contributed by atoms with Crippen molar-refractivity contribution in [3.05, 3.63) is 41.3 Å². The van der Waals surface area contributed by atoms with E-state index in [1.54, 1.807) is 0 Å². The van der Waals surface area contributed by atoms with Gasteiger partial charge in [0.25, 0.3) is 0 Å². The molecule has 6 heteroatoms. The molecule has 0 saturated carbocycles. The number of hydrogen-bond acceptors (Lipinski definition) is 3. The van der Waals surface area contributed by atoms with Gasteiger partial charge in [0.2, 0.25) is 0 Å². The SMILES string of the molecule is Cc1cc(C)n(-c2ccc(CN=C(N)NC(C)CCCC(C)C)cn2)n1. The fourth-order valence-electron chi connectivity index (χ4n) is 2.88. The lowest BCUT2D eigenvalue weighted by Crippen LogP contribution is -2.38. The van der Waals surface area contributed by atoms with Gasteiger partial charge in [0.05, 0.1) is 12.2 Å². The third-order valence-electron chi connectivity index (χ3n) is 4.28. The Labute approximate surface area is 156 Å². The molecule has 0 aliphatic heterocycles. The van der Waals surface area contributed by atoms with Crippen molar-refractivity contribution in [3.63, 3.8) is 0 Å². The third kappa shape index (κ3) is 6.17. The number of nitrogens with one attached hydrogen (secondary N) is 1. The summed E-state index contributed by atoms with van der Waals surface area (Å²) in [6.07, 6.45) is 5.38. The normalized spacial score (nSPS) is 13.2. The molecule has 0 fully saturated rings. The molecule has 0 aliphatic carbocycles. The van der Waals surface area contributed by atoms with Gasteiger partial charge in [-0.05, 0) is 50.8 Å². The summed E-state index contributed by atoms with van der Waals surface area (Å²) in [5, 5.41) is 7.71. The first-order chi connectivity index (χ1) is 12.3. The third-order valence-corrected chi connectivity index (χ3v) is 4.28. The van der Waals surface area contributed by atoms with Crippen molar-refractivity contribution in [1.29, 1.82) is 0 Å². The van der Waals surface area contributed by atoms with Gasteiger partial charge < -0.3 is 11.1 Å². The zero-order valence-electron chi connectivity index (χ0n) is 16.7. The number of pyridine rings is 1. The van der Waals surface area contributed by atoms with E-state index >= 15 is 0 Å². The minimum Gasteiger partial charge on any atom is -0.370 e. The maximum absolute atomic E-state index is 6.00. The zero-order chi connectivity index (χ0) is 19.1. The van der Waals surface area contributed by atoms with E-state index in [9.17, 15) is 0 Å². The average molecular weight is 357 g/mol. The summed E-state index contributed by atoms with van der Waals surface area (Å²) >= 11 is 0. The van der Waals surface area contributed by atoms with Crippen molar-refractivity contribution in [1.82, 2.24) is 20.1 Å². The van der Waals surface area contributed by atoms with Crippen LogP contribution in [0.3, 0.4) is 0 Å². The van der Waals surface area contributed by atoms with Gasteiger partial charge in [0.1, 0.15) is 0 Å². The molecule has 1 unspecified atom stereocenters. The van der Waals surface area contributed by atoms with Gasteiger partial charge >= 0.3 is 0 Å². The van der Waals surface area contributed by atoms with Crippen LogP contribution in [0.1, 0.15) is 57.0 Å². The summed E-state index contributed by atoms with van der Waals surface area (Å²) in [6.45, 7) is 11.2. The molecule has 2 aromatic rings. The summed E-state index contributed by atoms with van der Waals surface area (Å²) < 4.78 is 1.84. The van der Waals surface area contributed by atoms with Crippen LogP contribution in [0.25, 0.3) is 5.82 Å². The number of nitrogens with zero attached hydrogens (tertiary/aromatic N) is 4. The molecule has 0 bridgehead atoms. The van der Waals surface area contributed by atoms with E-state index in [4.69, 9.17) is 5.73 Å². The van der Waals surface area contributed by atoms with Gasteiger partial charge in [-0.3, -0.25) is 0 Å². The maximum atomic E-state index is 6.00. The quantitative estimate of drug-likeness (QED) is 0.560. The lowest BCUT2D eigenvalue weighted by Gasteiger charge is -2.15. The molecule has 2 heterocycles. The van der Waals surface area contributed by atoms with Gasteiger partial charge in [-0.2, -0.15) is 5.10 Å². The highest BCUT2D eigenvalue weighted by Gasteiger charge is 2.06. The smallest absolute Gasteiger partial charge is 0.189 e. The Balaban J connectivity index is 1.86. The molecule has 1 atom stereocenters. The molecule has 0 aromatic carbocycles.